The zero-order chi connectivity index (χ0) is 9.78. The van der Waals surface area contributed by atoms with Crippen LogP contribution >= 0.6 is 0 Å². The highest BCUT2D eigenvalue weighted by molar-refractivity contribution is 5.82. The number of hydrogen-bond donors (Lipinski definition) is 2. The van der Waals surface area contributed by atoms with Crippen LogP contribution in [0.3, 0.4) is 0 Å². The van der Waals surface area contributed by atoms with Gasteiger partial charge in [-0.15, -0.1) is 0 Å². The lowest BCUT2D eigenvalue weighted by Crippen LogP contribution is -2.40. The van der Waals surface area contributed by atoms with Crippen LogP contribution in [-0.4, -0.2) is 11.9 Å². The number of nitriles is 1. The summed E-state index contributed by atoms with van der Waals surface area (Å²) in [4.78, 5) is 11.0. The Kier molecular flexibility index (Phi) is 3.71. The average Bonchev–Trinajstić information content (AvgIpc) is 1.84. The predicted octanol–water partition coefficient (Wildman–Crippen LogP) is 0.347. The van der Waals surface area contributed by atoms with E-state index in [1.807, 2.05) is 26.1 Å². The van der Waals surface area contributed by atoms with Crippen LogP contribution < -0.4 is 11.1 Å². The molecule has 0 rings (SSSR count). The number of nitrogens with zero attached hydrogens (tertiary/aromatic N) is 1. The molecule has 0 aliphatic heterocycles. The van der Waals surface area contributed by atoms with Crippen LogP contribution in [0, 0.1) is 16.9 Å². The first kappa shape index (κ1) is 10.9. The molecule has 0 saturated heterocycles. The van der Waals surface area contributed by atoms with Gasteiger partial charge in [0.2, 0.25) is 5.91 Å². The first-order chi connectivity index (χ1) is 5.37. The first-order valence-corrected chi connectivity index (χ1v) is 3.81. The molecule has 0 fully saturated rings. The molecular formula is C8H15N3O. The largest absolute Gasteiger partial charge is 0.320 e. The summed E-state index contributed by atoms with van der Waals surface area (Å²) in [6, 6.07) is -0.593. The number of carbonyl (C=O) groups is 1. The molecule has 0 radical (unpaired) electrons. The lowest BCUT2D eigenvalue weighted by atomic mass is 9.88. The summed E-state index contributed by atoms with van der Waals surface area (Å²) in [5, 5.41) is 10.2. The molecule has 68 valence electrons. The Morgan fingerprint density at radius 1 is 1.67 bits per heavy atom. The fraction of sp³-hybridized carbons (Fsp3) is 0.750. The summed E-state index contributed by atoms with van der Waals surface area (Å²) in [6.07, 6.45) is 2.12. The fourth-order valence-corrected chi connectivity index (χ4v) is 0.900. The van der Waals surface area contributed by atoms with Crippen molar-refractivity contribution in [1.29, 1.82) is 5.26 Å². The SMILES string of the molecule is CC(C)(C)C[C@H](N)C(=O)NC#N. The Balaban J connectivity index is 3.98. The minimum atomic E-state index is -0.593. The second kappa shape index (κ2) is 4.07. The quantitative estimate of drug-likeness (QED) is 0.462. The molecule has 0 spiro atoms. The van der Waals surface area contributed by atoms with Crippen molar-refractivity contribution >= 4 is 5.91 Å². The van der Waals surface area contributed by atoms with Gasteiger partial charge in [0, 0.05) is 0 Å². The second-order valence-electron chi connectivity index (χ2n) is 3.97. The summed E-state index contributed by atoms with van der Waals surface area (Å²) in [7, 11) is 0. The van der Waals surface area contributed by atoms with Crippen molar-refractivity contribution in [2.45, 2.75) is 33.2 Å². The van der Waals surface area contributed by atoms with Crippen molar-refractivity contribution in [3.63, 3.8) is 0 Å². The average molecular weight is 169 g/mol. The maximum absolute atomic E-state index is 11.0. The van der Waals surface area contributed by atoms with Gasteiger partial charge in [0.05, 0.1) is 6.04 Å². The van der Waals surface area contributed by atoms with Gasteiger partial charge in [0.25, 0.3) is 0 Å². The van der Waals surface area contributed by atoms with Gasteiger partial charge in [-0.1, -0.05) is 20.8 Å². The highest BCUT2D eigenvalue weighted by Gasteiger charge is 2.20. The van der Waals surface area contributed by atoms with Crippen LogP contribution in [-0.2, 0) is 4.79 Å². The van der Waals surface area contributed by atoms with Crippen molar-refractivity contribution < 1.29 is 4.79 Å². The molecule has 1 amide bonds. The molecule has 3 N–H and O–H groups in total. The summed E-state index contributed by atoms with van der Waals surface area (Å²) in [6.45, 7) is 5.98. The van der Waals surface area contributed by atoms with E-state index in [2.05, 4.69) is 0 Å². The molecule has 1 atom stereocenters. The third kappa shape index (κ3) is 4.69. The lowest BCUT2D eigenvalue weighted by molar-refractivity contribution is -0.121. The first-order valence-electron chi connectivity index (χ1n) is 3.81. The van der Waals surface area contributed by atoms with Gasteiger partial charge in [-0.2, -0.15) is 5.26 Å². The number of carbonyl (C=O) groups excluding carboxylic acids is 1. The van der Waals surface area contributed by atoms with Gasteiger partial charge in [-0.05, 0) is 11.8 Å². The monoisotopic (exact) mass is 169 g/mol. The molecule has 0 aromatic carbocycles. The van der Waals surface area contributed by atoms with Crippen molar-refractivity contribution in [3.05, 3.63) is 0 Å². The van der Waals surface area contributed by atoms with Gasteiger partial charge in [0.15, 0.2) is 6.19 Å². The van der Waals surface area contributed by atoms with Crippen molar-refractivity contribution in [2.75, 3.05) is 0 Å². The molecule has 0 aromatic rings. The van der Waals surface area contributed by atoms with Gasteiger partial charge in [-0.3, -0.25) is 10.1 Å². The molecule has 4 nitrogen and oxygen atoms in total. The van der Waals surface area contributed by atoms with E-state index in [0.29, 0.717) is 6.42 Å². The molecule has 0 bridgehead atoms. The van der Waals surface area contributed by atoms with Crippen LogP contribution in [0.2, 0.25) is 0 Å². The van der Waals surface area contributed by atoms with Crippen LogP contribution in [0.1, 0.15) is 27.2 Å². The van der Waals surface area contributed by atoms with E-state index in [1.165, 1.54) is 0 Å². The fourth-order valence-electron chi connectivity index (χ4n) is 0.900. The maximum Gasteiger partial charge on any atom is 0.249 e. The minimum absolute atomic E-state index is 0.00616. The van der Waals surface area contributed by atoms with Crippen LogP contribution in [0.4, 0.5) is 0 Å². The summed E-state index contributed by atoms with van der Waals surface area (Å²) >= 11 is 0. The Morgan fingerprint density at radius 2 is 2.17 bits per heavy atom. The number of amides is 1. The maximum atomic E-state index is 11.0. The van der Waals surface area contributed by atoms with Gasteiger partial charge >= 0.3 is 0 Å². The molecule has 0 heterocycles. The molecule has 0 aliphatic carbocycles. The van der Waals surface area contributed by atoms with E-state index in [9.17, 15) is 4.79 Å². The molecule has 12 heavy (non-hydrogen) atoms. The third-order valence-corrected chi connectivity index (χ3v) is 1.35. The summed E-state index contributed by atoms with van der Waals surface area (Å²) < 4.78 is 0. The summed E-state index contributed by atoms with van der Waals surface area (Å²) in [5.74, 6) is -0.410. The third-order valence-electron chi connectivity index (χ3n) is 1.35. The standard InChI is InChI=1S/C8H15N3O/c1-8(2,3)4-6(10)7(12)11-5-9/h6H,4,10H2,1-3H3,(H,11,12)/t6-/m0/s1. The van der Waals surface area contributed by atoms with Gasteiger partial charge in [-0.25, -0.2) is 0 Å². The molecule has 0 saturated carbocycles. The zero-order valence-corrected chi connectivity index (χ0v) is 7.72. The number of hydrogen-bond acceptors (Lipinski definition) is 3. The van der Waals surface area contributed by atoms with Crippen LogP contribution in [0.15, 0.2) is 0 Å². The topological polar surface area (TPSA) is 78.9 Å². The number of nitrogens with one attached hydrogen (secondary N) is 1. The zero-order valence-electron chi connectivity index (χ0n) is 7.72. The second-order valence-corrected chi connectivity index (χ2v) is 3.97. The molecular weight excluding hydrogens is 154 g/mol. The van der Waals surface area contributed by atoms with E-state index in [4.69, 9.17) is 11.0 Å². The van der Waals surface area contributed by atoms with E-state index in [-0.39, 0.29) is 5.41 Å². The normalized spacial score (nSPS) is 13.2. The predicted molar refractivity (Wildman–Crippen MR) is 45.8 cm³/mol. The molecule has 0 aliphatic rings. The van der Waals surface area contributed by atoms with Crippen molar-refractivity contribution in [1.82, 2.24) is 5.32 Å². The Morgan fingerprint density at radius 3 is 2.50 bits per heavy atom. The van der Waals surface area contributed by atoms with E-state index in [1.54, 1.807) is 6.19 Å². The number of rotatable bonds is 2. The summed E-state index contributed by atoms with van der Waals surface area (Å²) in [5.41, 5.74) is 5.53. The van der Waals surface area contributed by atoms with Crippen LogP contribution in [0.25, 0.3) is 0 Å². The van der Waals surface area contributed by atoms with Gasteiger partial charge in [0.1, 0.15) is 0 Å². The number of nitrogens with two attached hydrogens (primary N) is 1. The Hall–Kier alpha value is -1.08. The van der Waals surface area contributed by atoms with E-state index in [0.717, 1.165) is 0 Å². The van der Waals surface area contributed by atoms with Crippen LogP contribution in [0.5, 0.6) is 0 Å². The minimum Gasteiger partial charge on any atom is -0.320 e. The van der Waals surface area contributed by atoms with Crippen molar-refractivity contribution in [2.24, 2.45) is 11.1 Å². The molecule has 4 heteroatoms. The highest BCUT2D eigenvalue weighted by Crippen LogP contribution is 2.19. The lowest BCUT2D eigenvalue weighted by Gasteiger charge is -2.21. The Bertz CT molecular complexity index is 199. The van der Waals surface area contributed by atoms with E-state index < -0.39 is 11.9 Å². The van der Waals surface area contributed by atoms with E-state index >= 15 is 0 Å². The highest BCUT2D eigenvalue weighted by atomic mass is 16.2. The Labute approximate surface area is 72.7 Å². The molecule has 0 unspecified atom stereocenters. The smallest absolute Gasteiger partial charge is 0.249 e. The van der Waals surface area contributed by atoms with Crippen molar-refractivity contribution in [3.8, 4) is 6.19 Å². The van der Waals surface area contributed by atoms with Gasteiger partial charge < -0.3 is 5.73 Å². The molecule has 0 aromatic heterocycles.